The Kier molecular flexibility index (Phi) is 3.53. The summed E-state index contributed by atoms with van der Waals surface area (Å²) in [6.45, 7) is 5.38. The molecule has 0 rings (SSSR count). The lowest BCUT2D eigenvalue weighted by molar-refractivity contribution is -0.124. The summed E-state index contributed by atoms with van der Waals surface area (Å²) >= 11 is 0. The van der Waals surface area contributed by atoms with Gasteiger partial charge in [0.15, 0.2) is 0 Å². The first kappa shape index (κ1) is 11.2. The van der Waals surface area contributed by atoms with E-state index in [4.69, 9.17) is 0 Å². The third-order valence-electron chi connectivity index (χ3n) is 0.825. The van der Waals surface area contributed by atoms with Gasteiger partial charge in [-0.25, -0.2) is 4.99 Å². The Balaban J connectivity index is 4.01. The quantitative estimate of drug-likeness (QED) is 0.549. The predicted molar refractivity (Wildman–Crippen MR) is 42.4 cm³/mol. The van der Waals surface area contributed by atoms with Gasteiger partial charge in [0.25, 0.3) is 0 Å². The van der Waals surface area contributed by atoms with E-state index in [2.05, 4.69) is 10.9 Å². The van der Waals surface area contributed by atoms with Crippen LogP contribution in [-0.2, 0) is 0 Å². The summed E-state index contributed by atoms with van der Waals surface area (Å²) in [5, 5.41) is 0. The Morgan fingerprint density at radius 2 is 1.75 bits per heavy atom. The van der Waals surface area contributed by atoms with Crippen molar-refractivity contribution in [3.8, 4) is 0 Å². The van der Waals surface area contributed by atoms with Crippen molar-refractivity contribution in [3.05, 3.63) is 6.08 Å². The maximum Gasteiger partial charge on any atom is 0.393 e. The molecule has 0 atom stereocenters. The maximum atomic E-state index is 11.6. The summed E-state index contributed by atoms with van der Waals surface area (Å²) < 4.78 is 34.7. The van der Waals surface area contributed by atoms with Crippen molar-refractivity contribution < 1.29 is 13.2 Å². The van der Waals surface area contributed by atoms with Crippen molar-refractivity contribution in [2.24, 2.45) is 4.99 Å². The SMILES string of the molecule is CC(C)(C)N=C=CCC(F)(F)F. The molecule has 0 aromatic heterocycles. The highest BCUT2D eigenvalue weighted by Crippen LogP contribution is 2.18. The average molecular weight is 179 g/mol. The average Bonchev–Trinajstić information content (AvgIpc) is 1.76. The van der Waals surface area contributed by atoms with E-state index in [1.807, 2.05) is 0 Å². The Hall–Kier alpha value is -0.760. The lowest BCUT2D eigenvalue weighted by Gasteiger charge is -2.07. The molecule has 0 aliphatic heterocycles. The van der Waals surface area contributed by atoms with Gasteiger partial charge in [-0.1, -0.05) is 0 Å². The second kappa shape index (κ2) is 3.76. The summed E-state index contributed by atoms with van der Waals surface area (Å²) in [5.41, 5.74) is -0.359. The van der Waals surface area contributed by atoms with Crippen LogP contribution in [0, 0.1) is 0 Å². The molecule has 0 fully saturated rings. The normalized spacial score (nSPS) is 12.2. The topological polar surface area (TPSA) is 12.4 Å². The molecule has 0 aliphatic carbocycles. The highest BCUT2D eigenvalue weighted by molar-refractivity contribution is 5.52. The van der Waals surface area contributed by atoms with Crippen molar-refractivity contribution in [1.29, 1.82) is 0 Å². The van der Waals surface area contributed by atoms with Crippen LogP contribution in [0.3, 0.4) is 0 Å². The van der Waals surface area contributed by atoms with Crippen LogP contribution < -0.4 is 0 Å². The van der Waals surface area contributed by atoms with Crippen molar-refractivity contribution in [2.75, 3.05) is 0 Å². The number of hydrogen-bond acceptors (Lipinski definition) is 1. The van der Waals surface area contributed by atoms with Crippen LogP contribution >= 0.6 is 0 Å². The number of nitrogens with zero attached hydrogens (tertiary/aromatic N) is 1. The van der Waals surface area contributed by atoms with Crippen LogP contribution in [0.4, 0.5) is 13.2 Å². The van der Waals surface area contributed by atoms with Gasteiger partial charge in [-0.2, -0.15) is 13.2 Å². The van der Waals surface area contributed by atoms with Crippen LogP contribution in [0.2, 0.25) is 0 Å². The lowest BCUT2D eigenvalue weighted by atomic mass is 10.1. The second-order valence-corrected chi connectivity index (χ2v) is 3.44. The molecule has 0 heterocycles. The first-order valence-corrected chi connectivity index (χ1v) is 3.56. The largest absolute Gasteiger partial charge is 0.393 e. The van der Waals surface area contributed by atoms with Gasteiger partial charge in [0, 0.05) is 0 Å². The first-order valence-electron chi connectivity index (χ1n) is 3.56. The molecule has 0 spiro atoms. The van der Waals surface area contributed by atoms with E-state index in [9.17, 15) is 13.2 Å². The zero-order valence-corrected chi connectivity index (χ0v) is 7.37. The third-order valence-corrected chi connectivity index (χ3v) is 0.825. The fourth-order valence-corrected chi connectivity index (χ4v) is 0.401. The van der Waals surface area contributed by atoms with Crippen molar-refractivity contribution in [1.82, 2.24) is 0 Å². The van der Waals surface area contributed by atoms with Gasteiger partial charge in [0.2, 0.25) is 0 Å². The highest BCUT2D eigenvalue weighted by atomic mass is 19.4. The standard InChI is InChI=1S/C8H12F3N/c1-7(2,3)12-6-4-5-8(9,10)11/h4H,5H2,1-3H3. The maximum absolute atomic E-state index is 11.6. The molecule has 0 saturated heterocycles. The molecule has 4 heteroatoms. The summed E-state index contributed by atoms with van der Waals surface area (Å²) in [6, 6.07) is 0. The van der Waals surface area contributed by atoms with E-state index < -0.39 is 12.6 Å². The van der Waals surface area contributed by atoms with Crippen LogP contribution in [-0.4, -0.2) is 17.6 Å². The molecule has 0 aromatic carbocycles. The van der Waals surface area contributed by atoms with E-state index in [0.717, 1.165) is 6.08 Å². The van der Waals surface area contributed by atoms with Crippen molar-refractivity contribution in [3.63, 3.8) is 0 Å². The predicted octanol–water partition coefficient (Wildman–Crippen LogP) is 2.96. The lowest BCUT2D eigenvalue weighted by Crippen LogP contribution is -2.08. The van der Waals surface area contributed by atoms with Gasteiger partial charge in [0.05, 0.1) is 12.0 Å². The summed E-state index contributed by atoms with van der Waals surface area (Å²) in [6.07, 6.45) is -4.22. The van der Waals surface area contributed by atoms with Gasteiger partial charge in [-0.15, -0.1) is 0 Å². The van der Waals surface area contributed by atoms with Crippen LogP contribution in [0.1, 0.15) is 27.2 Å². The minimum absolute atomic E-state index is 0.359. The van der Waals surface area contributed by atoms with Gasteiger partial charge < -0.3 is 0 Å². The number of hydrogen-bond donors (Lipinski definition) is 0. The van der Waals surface area contributed by atoms with Crippen LogP contribution in [0.5, 0.6) is 0 Å². The van der Waals surface area contributed by atoms with Gasteiger partial charge in [-0.3, -0.25) is 0 Å². The summed E-state index contributed by atoms with van der Waals surface area (Å²) in [7, 11) is 0. The molecule has 0 aromatic rings. The number of alkyl halides is 3. The van der Waals surface area contributed by atoms with Crippen LogP contribution in [0.25, 0.3) is 0 Å². The molecule has 1 nitrogen and oxygen atoms in total. The summed E-state index contributed by atoms with van der Waals surface area (Å²) in [5.74, 6) is 2.26. The van der Waals surface area contributed by atoms with E-state index in [1.165, 1.54) is 0 Å². The zero-order chi connectivity index (χ0) is 9.83. The Morgan fingerprint density at radius 3 is 2.08 bits per heavy atom. The number of halogens is 3. The van der Waals surface area contributed by atoms with E-state index in [1.54, 1.807) is 20.8 Å². The Bertz CT molecular complexity index is 191. The molecule has 70 valence electrons. The fourth-order valence-electron chi connectivity index (χ4n) is 0.401. The molecule has 0 bridgehead atoms. The Morgan fingerprint density at radius 1 is 1.25 bits per heavy atom. The monoisotopic (exact) mass is 179 g/mol. The first-order chi connectivity index (χ1) is 5.21. The Labute approximate surface area is 70.0 Å². The van der Waals surface area contributed by atoms with Crippen LogP contribution in [0.15, 0.2) is 11.1 Å². The van der Waals surface area contributed by atoms with Gasteiger partial charge in [-0.05, 0) is 32.7 Å². The number of aliphatic imine (C=N–C) groups is 1. The minimum atomic E-state index is -4.15. The molecule has 12 heavy (non-hydrogen) atoms. The van der Waals surface area contributed by atoms with E-state index in [0.29, 0.717) is 0 Å². The molecule has 0 saturated carbocycles. The highest BCUT2D eigenvalue weighted by Gasteiger charge is 2.24. The molecule has 0 amide bonds. The zero-order valence-electron chi connectivity index (χ0n) is 7.37. The number of allylic oxidation sites excluding steroid dienone is 1. The molecule has 0 N–H and O–H groups in total. The summed E-state index contributed by atoms with van der Waals surface area (Å²) in [4.78, 5) is 3.75. The molecule has 0 radical (unpaired) electrons. The smallest absolute Gasteiger partial charge is 0.238 e. The molecular formula is C8H12F3N. The van der Waals surface area contributed by atoms with Gasteiger partial charge in [0.1, 0.15) is 0 Å². The van der Waals surface area contributed by atoms with Gasteiger partial charge >= 0.3 is 6.18 Å². The molecular weight excluding hydrogens is 167 g/mol. The number of rotatable bonds is 1. The minimum Gasteiger partial charge on any atom is -0.238 e. The molecule has 0 unspecified atom stereocenters. The van der Waals surface area contributed by atoms with Crippen molar-refractivity contribution >= 4 is 5.87 Å². The van der Waals surface area contributed by atoms with Crippen molar-refractivity contribution in [2.45, 2.75) is 38.9 Å². The second-order valence-electron chi connectivity index (χ2n) is 3.44. The third kappa shape index (κ3) is 9.24. The fraction of sp³-hybridized carbons (Fsp3) is 0.750. The van der Waals surface area contributed by atoms with E-state index >= 15 is 0 Å². The van der Waals surface area contributed by atoms with E-state index in [-0.39, 0.29) is 5.54 Å². The molecule has 0 aliphatic rings.